The van der Waals surface area contributed by atoms with Crippen LogP contribution in [0.25, 0.3) is 10.2 Å². The van der Waals surface area contributed by atoms with Gasteiger partial charge in [0.05, 0.1) is 30.4 Å². The fourth-order valence-electron chi connectivity index (χ4n) is 2.89. The molecule has 0 bridgehead atoms. The minimum Gasteiger partial charge on any atom is -0.496 e. The Kier molecular flexibility index (Phi) is 6.03. The zero-order valence-corrected chi connectivity index (χ0v) is 16.3. The topological polar surface area (TPSA) is 52.8 Å². The average molecular weight is 388 g/mol. The molecule has 0 unspecified atom stereocenters. The number of thiazole rings is 1. The molecule has 7 heteroatoms. The number of fused-ring (bicyclic) bond motifs is 1. The van der Waals surface area contributed by atoms with Crippen LogP contribution in [0.1, 0.15) is 11.1 Å². The summed E-state index contributed by atoms with van der Waals surface area (Å²) in [5.74, 6) is 0.0666. The third kappa shape index (κ3) is 4.43. The Hall–Kier alpha value is -2.51. The number of hydrogen-bond acceptors (Lipinski definition) is 4. The van der Waals surface area contributed by atoms with Crippen LogP contribution in [-0.4, -0.2) is 31.3 Å². The van der Waals surface area contributed by atoms with Gasteiger partial charge in [-0.25, -0.2) is 4.39 Å². The summed E-state index contributed by atoms with van der Waals surface area (Å²) in [7, 11) is 3.19. The normalized spacial score (nSPS) is 11.9. The second-order valence-corrected chi connectivity index (χ2v) is 7.15. The molecule has 2 aromatic carbocycles. The average Bonchev–Trinajstić information content (AvgIpc) is 2.95. The lowest BCUT2D eigenvalue weighted by molar-refractivity contribution is -0.117. The third-order valence-electron chi connectivity index (χ3n) is 4.16. The largest absolute Gasteiger partial charge is 0.496 e. The van der Waals surface area contributed by atoms with Crippen molar-refractivity contribution in [2.24, 2.45) is 4.99 Å². The highest BCUT2D eigenvalue weighted by Gasteiger charge is 2.11. The summed E-state index contributed by atoms with van der Waals surface area (Å²) >= 11 is 1.29. The van der Waals surface area contributed by atoms with E-state index < -0.39 is 0 Å². The van der Waals surface area contributed by atoms with E-state index in [2.05, 4.69) is 4.99 Å². The van der Waals surface area contributed by atoms with Gasteiger partial charge in [-0.3, -0.25) is 4.79 Å². The number of aromatic nitrogens is 1. The fraction of sp³-hybridized carbons (Fsp3) is 0.300. The van der Waals surface area contributed by atoms with Crippen molar-refractivity contribution in [3.8, 4) is 5.75 Å². The van der Waals surface area contributed by atoms with E-state index in [4.69, 9.17) is 9.47 Å². The van der Waals surface area contributed by atoms with Crippen LogP contribution in [-0.2, 0) is 22.5 Å². The highest BCUT2D eigenvalue weighted by molar-refractivity contribution is 7.16. The standard InChI is InChI=1S/C20H21FN2O3S/c1-13-4-7-17(26-3)14(10-13)11-19(24)22-20-23(8-9-25-2)16-6-5-15(21)12-18(16)27-20/h4-7,10,12H,8-9,11H2,1-3H3. The number of halogens is 1. The van der Waals surface area contributed by atoms with Crippen LogP contribution in [0, 0.1) is 12.7 Å². The molecule has 0 aliphatic rings. The van der Waals surface area contributed by atoms with Crippen molar-refractivity contribution in [3.05, 3.63) is 58.1 Å². The molecule has 0 N–H and O–H groups in total. The molecule has 1 amide bonds. The van der Waals surface area contributed by atoms with Crippen LogP contribution >= 0.6 is 11.3 Å². The minimum absolute atomic E-state index is 0.137. The Labute approximate surface area is 160 Å². The molecular weight excluding hydrogens is 367 g/mol. The van der Waals surface area contributed by atoms with Crippen molar-refractivity contribution in [2.75, 3.05) is 20.8 Å². The van der Waals surface area contributed by atoms with Crippen molar-refractivity contribution in [3.63, 3.8) is 0 Å². The van der Waals surface area contributed by atoms with Crippen LogP contribution in [0.5, 0.6) is 5.75 Å². The molecule has 3 rings (SSSR count). The van der Waals surface area contributed by atoms with Gasteiger partial charge in [-0.1, -0.05) is 29.0 Å². The quantitative estimate of drug-likeness (QED) is 0.650. The van der Waals surface area contributed by atoms with Gasteiger partial charge in [-0.05, 0) is 31.2 Å². The number of benzene rings is 2. The first-order valence-corrected chi connectivity index (χ1v) is 9.32. The number of hydrogen-bond donors (Lipinski definition) is 0. The maximum atomic E-state index is 13.6. The fourth-order valence-corrected chi connectivity index (χ4v) is 3.98. The van der Waals surface area contributed by atoms with Gasteiger partial charge in [0.25, 0.3) is 5.91 Å². The smallest absolute Gasteiger partial charge is 0.252 e. The zero-order valence-electron chi connectivity index (χ0n) is 15.5. The van der Waals surface area contributed by atoms with E-state index in [1.165, 1.54) is 23.5 Å². The number of methoxy groups -OCH3 is 2. The molecule has 0 fully saturated rings. The third-order valence-corrected chi connectivity index (χ3v) is 5.20. The van der Waals surface area contributed by atoms with Crippen molar-refractivity contribution in [1.82, 2.24) is 4.57 Å². The van der Waals surface area contributed by atoms with Crippen LogP contribution in [0.4, 0.5) is 4.39 Å². The Bertz CT molecular complexity index is 1040. The first-order chi connectivity index (χ1) is 13.0. The molecule has 0 saturated heterocycles. The molecule has 1 aromatic heterocycles. The van der Waals surface area contributed by atoms with Gasteiger partial charge in [0, 0.05) is 19.2 Å². The van der Waals surface area contributed by atoms with Gasteiger partial charge >= 0.3 is 0 Å². The van der Waals surface area contributed by atoms with Crippen LogP contribution < -0.4 is 9.54 Å². The van der Waals surface area contributed by atoms with Crippen molar-refractivity contribution >= 4 is 27.5 Å². The SMILES string of the molecule is COCCn1c(=NC(=O)Cc2cc(C)ccc2OC)sc2cc(F)ccc21. The van der Waals surface area contributed by atoms with E-state index in [0.29, 0.717) is 23.7 Å². The monoisotopic (exact) mass is 388 g/mol. The number of ether oxygens (including phenoxy) is 2. The van der Waals surface area contributed by atoms with Gasteiger partial charge in [-0.15, -0.1) is 0 Å². The first-order valence-electron chi connectivity index (χ1n) is 8.50. The number of aryl methyl sites for hydroxylation is 1. The summed E-state index contributed by atoms with van der Waals surface area (Å²) < 4.78 is 26.7. The Balaban J connectivity index is 1.99. The second kappa shape index (κ2) is 8.45. The molecule has 5 nitrogen and oxygen atoms in total. The molecular formula is C20H21FN2O3S. The minimum atomic E-state index is -0.315. The van der Waals surface area contributed by atoms with Gasteiger partial charge < -0.3 is 14.0 Å². The highest BCUT2D eigenvalue weighted by atomic mass is 32.1. The lowest BCUT2D eigenvalue weighted by Gasteiger charge is -2.07. The van der Waals surface area contributed by atoms with Crippen molar-refractivity contribution in [1.29, 1.82) is 0 Å². The number of nitrogens with zero attached hydrogens (tertiary/aromatic N) is 2. The zero-order chi connectivity index (χ0) is 19.4. The first kappa shape index (κ1) is 19.3. The van der Waals surface area contributed by atoms with E-state index >= 15 is 0 Å². The van der Waals surface area contributed by atoms with E-state index in [0.717, 1.165) is 21.3 Å². The molecule has 3 aromatic rings. The Morgan fingerprint density at radius 2 is 2.04 bits per heavy atom. The molecule has 0 aliphatic carbocycles. The number of carbonyl (C=O) groups is 1. The lowest BCUT2D eigenvalue weighted by atomic mass is 10.1. The van der Waals surface area contributed by atoms with Crippen LogP contribution in [0.3, 0.4) is 0 Å². The van der Waals surface area contributed by atoms with Gasteiger partial charge in [-0.2, -0.15) is 4.99 Å². The van der Waals surface area contributed by atoms with Crippen LogP contribution in [0.15, 0.2) is 41.4 Å². The second-order valence-electron chi connectivity index (χ2n) is 6.14. The molecule has 0 aliphatic heterocycles. The molecule has 0 saturated carbocycles. The van der Waals surface area contributed by atoms with E-state index in [-0.39, 0.29) is 18.1 Å². The molecule has 0 atom stereocenters. The Morgan fingerprint density at radius 1 is 1.22 bits per heavy atom. The summed E-state index contributed by atoms with van der Waals surface area (Å²) in [5, 5.41) is 0. The molecule has 142 valence electrons. The van der Waals surface area contributed by atoms with E-state index in [1.54, 1.807) is 20.3 Å². The number of amides is 1. The summed E-state index contributed by atoms with van der Waals surface area (Å²) in [6, 6.07) is 10.3. The van der Waals surface area contributed by atoms with Crippen molar-refractivity contribution in [2.45, 2.75) is 19.9 Å². The number of carbonyl (C=O) groups excluding carboxylic acids is 1. The summed E-state index contributed by atoms with van der Waals surface area (Å²) in [5.41, 5.74) is 2.67. The Morgan fingerprint density at radius 3 is 2.78 bits per heavy atom. The van der Waals surface area contributed by atoms with E-state index in [1.807, 2.05) is 29.7 Å². The predicted molar refractivity (Wildman–Crippen MR) is 104 cm³/mol. The summed E-state index contributed by atoms with van der Waals surface area (Å²) in [4.78, 5) is 17.4. The molecule has 0 spiro atoms. The maximum absolute atomic E-state index is 13.6. The summed E-state index contributed by atoms with van der Waals surface area (Å²) in [6.45, 7) is 2.96. The lowest BCUT2D eigenvalue weighted by Crippen LogP contribution is -2.19. The highest BCUT2D eigenvalue weighted by Crippen LogP contribution is 2.21. The van der Waals surface area contributed by atoms with Gasteiger partial charge in [0.1, 0.15) is 11.6 Å². The van der Waals surface area contributed by atoms with Crippen molar-refractivity contribution < 1.29 is 18.7 Å². The molecule has 0 radical (unpaired) electrons. The summed E-state index contributed by atoms with van der Waals surface area (Å²) in [6.07, 6.45) is 0.137. The number of rotatable bonds is 6. The van der Waals surface area contributed by atoms with Gasteiger partial charge in [0.15, 0.2) is 4.80 Å². The van der Waals surface area contributed by atoms with Gasteiger partial charge in [0.2, 0.25) is 0 Å². The molecule has 27 heavy (non-hydrogen) atoms. The van der Waals surface area contributed by atoms with E-state index in [9.17, 15) is 9.18 Å². The maximum Gasteiger partial charge on any atom is 0.252 e. The predicted octanol–water partition coefficient (Wildman–Crippen LogP) is 3.48. The van der Waals surface area contributed by atoms with Crippen LogP contribution in [0.2, 0.25) is 0 Å². The molecule has 1 heterocycles.